The first kappa shape index (κ1) is 12.0. The Balaban J connectivity index is 1.95. The van der Waals surface area contributed by atoms with Crippen molar-refractivity contribution in [3.8, 4) is 0 Å². The van der Waals surface area contributed by atoms with E-state index in [-0.39, 0.29) is 0 Å². The van der Waals surface area contributed by atoms with E-state index in [0.29, 0.717) is 17.2 Å². The highest BCUT2D eigenvalue weighted by Crippen LogP contribution is 2.22. The molecule has 19 heavy (non-hydrogen) atoms. The van der Waals surface area contributed by atoms with Crippen molar-refractivity contribution in [2.45, 2.75) is 6.54 Å². The smallest absolute Gasteiger partial charge is 0.340 e. The topological polar surface area (TPSA) is 79.4 Å². The molecule has 2 heterocycles. The number of carbonyl (C=O) groups excluding carboxylic acids is 1. The van der Waals surface area contributed by atoms with Gasteiger partial charge in [0.05, 0.1) is 31.4 Å². The van der Waals surface area contributed by atoms with E-state index in [1.165, 1.54) is 7.11 Å². The van der Waals surface area contributed by atoms with Crippen LogP contribution in [-0.4, -0.2) is 36.1 Å². The zero-order valence-corrected chi connectivity index (χ0v) is 10.6. The van der Waals surface area contributed by atoms with E-state index in [1.807, 2.05) is 10.9 Å². The number of nitrogens with zero attached hydrogens (tertiary/aromatic N) is 2. The number of nitrogens with two attached hydrogens (primary N) is 1. The molecule has 0 atom stereocenters. The minimum absolute atomic E-state index is 0.354. The minimum Gasteiger partial charge on any atom is -0.465 e. The van der Waals surface area contributed by atoms with Crippen LogP contribution in [0.1, 0.15) is 10.4 Å². The molecule has 1 aromatic carbocycles. The summed E-state index contributed by atoms with van der Waals surface area (Å²) in [5.74, 6) is 0.0769. The number of aromatic nitrogens is 2. The Labute approximate surface area is 110 Å². The molecule has 1 aliphatic rings. The van der Waals surface area contributed by atoms with Gasteiger partial charge in [-0.05, 0) is 12.1 Å². The SMILES string of the molecule is COC(=O)c1cc2nn(CC3COC3)cc2cc1N. The summed E-state index contributed by atoms with van der Waals surface area (Å²) in [4.78, 5) is 11.6. The summed E-state index contributed by atoms with van der Waals surface area (Å²) in [7, 11) is 1.33. The molecule has 6 nitrogen and oxygen atoms in total. The third-order valence-corrected chi connectivity index (χ3v) is 3.28. The second-order valence-corrected chi connectivity index (χ2v) is 4.74. The van der Waals surface area contributed by atoms with Crippen molar-refractivity contribution in [3.05, 3.63) is 23.9 Å². The third kappa shape index (κ3) is 2.15. The van der Waals surface area contributed by atoms with Gasteiger partial charge in [0, 0.05) is 29.7 Å². The van der Waals surface area contributed by atoms with Gasteiger partial charge in [-0.2, -0.15) is 5.10 Å². The molecule has 0 aliphatic carbocycles. The lowest BCUT2D eigenvalue weighted by molar-refractivity contribution is -0.0407. The molecule has 2 aromatic rings. The summed E-state index contributed by atoms with van der Waals surface area (Å²) in [6.45, 7) is 2.39. The average Bonchev–Trinajstić information content (AvgIpc) is 2.73. The van der Waals surface area contributed by atoms with Crippen LogP contribution in [-0.2, 0) is 16.0 Å². The molecule has 1 saturated heterocycles. The van der Waals surface area contributed by atoms with Gasteiger partial charge in [0.15, 0.2) is 0 Å². The van der Waals surface area contributed by atoms with Crippen LogP contribution in [0.15, 0.2) is 18.3 Å². The lowest BCUT2D eigenvalue weighted by atomic mass is 10.1. The summed E-state index contributed by atoms with van der Waals surface area (Å²) in [5.41, 5.74) is 7.36. The maximum absolute atomic E-state index is 11.6. The molecule has 0 amide bonds. The van der Waals surface area contributed by atoms with E-state index < -0.39 is 5.97 Å². The molecule has 3 rings (SSSR count). The fourth-order valence-corrected chi connectivity index (χ4v) is 2.18. The lowest BCUT2D eigenvalue weighted by Crippen LogP contribution is -2.31. The van der Waals surface area contributed by atoms with Gasteiger partial charge in [-0.15, -0.1) is 0 Å². The quantitative estimate of drug-likeness (QED) is 0.660. The highest BCUT2D eigenvalue weighted by atomic mass is 16.5. The first-order valence-corrected chi connectivity index (χ1v) is 6.10. The fourth-order valence-electron chi connectivity index (χ4n) is 2.18. The van der Waals surface area contributed by atoms with Crippen LogP contribution in [0.3, 0.4) is 0 Å². The highest BCUT2D eigenvalue weighted by molar-refractivity contribution is 6.00. The van der Waals surface area contributed by atoms with Crippen molar-refractivity contribution in [1.29, 1.82) is 0 Å². The number of nitrogen functional groups attached to an aromatic ring is 1. The lowest BCUT2D eigenvalue weighted by Gasteiger charge is -2.25. The summed E-state index contributed by atoms with van der Waals surface area (Å²) in [6, 6.07) is 3.42. The standard InChI is InChI=1S/C13H15N3O3/c1-18-13(17)10-3-12-9(2-11(10)14)5-16(15-12)4-8-6-19-7-8/h2-3,5,8H,4,6-7,14H2,1H3. The van der Waals surface area contributed by atoms with Crippen LogP contribution < -0.4 is 5.73 Å². The predicted molar refractivity (Wildman–Crippen MR) is 69.8 cm³/mol. The van der Waals surface area contributed by atoms with Crippen LogP contribution in [0.25, 0.3) is 10.9 Å². The van der Waals surface area contributed by atoms with Gasteiger partial charge in [0.1, 0.15) is 0 Å². The van der Waals surface area contributed by atoms with E-state index in [9.17, 15) is 4.79 Å². The van der Waals surface area contributed by atoms with Gasteiger partial charge in [-0.25, -0.2) is 4.79 Å². The second-order valence-electron chi connectivity index (χ2n) is 4.74. The average molecular weight is 261 g/mol. The molecule has 0 spiro atoms. The maximum Gasteiger partial charge on any atom is 0.340 e. The molecule has 0 saturated carbocycles. The van der Waals surface area contributed by atoms with E-state index >= 15 is 0 Å². The highest BCUT2D eigenvalue weighted by Gasteiger charge is 2.20. The Hall–Kier alpha value is -2.08. The Morgan fingerprint density at radius 2 is 2.37 bits per heavy atom. The molecular formula is C13H15N3O3. The molecule has 2 N–H and O–H groups in total. The van der Waals surface area contributed by atoms with Crippen LogP contribution in [0.2, 0.25) is 0 Å². The fraction of sp³-hybridized carbons (Fsp3) is 0.385. The van der Waals surface area contributed by atoms with E-state index in [2.05, 4.69) is 5.10 Å². The predicted octanol–water partition coefficient (Wildman–Crippen LogP) is 1.05. The van der Waals surface area contributed by atoms with Gasteiger partial charge >= 0.3 is 5.97 Å². The molecule has 0 bridgehead atoms. The summed E-state index contributed by atoms with van der Waals surface area (Å²) in [5, 5.41) is 5.37. The number of hydrogen-bond donors (Lipinski definition) is 1. The Morgan fingerprint density at radius 1 is 1.58 bits per heavy atom. The number of methoxy groups -OCH3 is 1. The van der Waals surface area contributed by atoms with Gasteiger partial charge in [-0.1, -0.05) is 0 Å². The number of benzene rings is 1. The zero-order chi connectivity index (χ0) is 13.4. The minimum atomic E-state index is -0.443. The van der Waals surface area contributed by atoms with E-state index in [4.69, 9.17) is 15.2 Å². The van der Waals surface area contributed by atoms with E-state index in [0.717, 1.165) is 30.7 Å². The van der Waals surface area contributed by atoms with Crippen LogP contribution in [0.4, 0.5) is 5.69 Å². The number of hydrogen-bond acceptors (Lipinski definition) is 5. The summed E-state index contributed by atoms with van der Waals surface area (Å²) >= 11 is 0. The first-order chi connectivity index (χ1) is 9.17. The Kier molecular flexibility index (Phi) is 2.87. The van der Waals surface area contributed by atoms with Crippen molar-refractivity contribution >= 4 is 22.6 Å². The second kappa shape index (κ2) is 4.55. The van der Waals surface area contributed by atoms with Gasteiger partial charge in [0.2, 0.25) is 0 Å². The van der Waals surface area contributed by atoms with E-state index in [1.54, 1.807) is 12.1 Å². The molecule has 1 aliphatic heterocycles. The molecule has 6 heteroatoms. The first-order valence-electron chi connectivity index (χ1n) is 6.10. The molecule has 0 unspecified atom stereocenters. The molecule has 1 aromatic heterocycles. The van der Waals surface area contributed by atoms with Gasteiger partial charge < -0.3 is 15.2 Å². The molecular weight excluding hydrogens is 246 g/mol. The number of rotatable bonds is 3. The third-order valence-electron chi connectivity index (χ3n) is 3.28. The van der Waals surface area contributed by atoms with Crippen molar-refractivity contribution in [2.75, 3.05) is 26.1 Å². The Morgan fingerprint density at radius 3 is 3.00 bits per heavy atom. The molecule has 0 radical (unpaired) electrons. The monoisotopic (exact) mass is 261 g/mol. The van der Waals surface area contributed by atoms with Crippen LogP contribution in [0.5, 0.6) is 0 Å². The van der Waals surface area contributed by atoms with Gasteiger partial charge in [-0.3, -0.25) is 4.68 Å². The van der Waals surface area contributed by atoms with Gasteiger partial charge in [0.25, 0.3) is 0 Å². The largest absolute Gasteiger partial charge is 0.465 e. The van der Waals surface area contributed by atoms with Crippen molar-refractivity contribution in [3.63, 3.8) is 0 Å². The van der Waals surface area contributed by atoms with Crippen molar-refractivity contribution in [1.82, 2.24) is 9.78 Å². The summed E-state index contributed by atoms with van der Waals surface area (Å²) < 4.78 is 11.7. The zero-order valence-electron chi connectivity index (χ0n) is 10.6. The number of carbonyl (C=O) groups is 1. The van der Waals surface area contributed by atoms with Crippen molar-refractivity contribution in [2.24, 2.45) is 5.92 Å². The Bertz CT molecular complexity index is 631. The maximum atomic E-state index is 11.6. The van der Waals surface area contributed by atoms with Crippen LogP contribution >= 0.6 is 0 Å². The molecule has 1 fully saturated rings. The number of ether oxygens (including phenoxy) is 2. The van der Waals surface area contributed by atoms with Crippen LogP contribution in [0, 0.1) is 5.92 Å². The number of anilines is 1. The number of fused-ring (bicyclic) bond motifs is 1. The molecule has 100 valence electrons. The summed E-state index contributed by atoms with van der Waals surface area (Å²) in [6.07, 6.45) is 1.94. The number of esters is 1. The van der Waals surface area contributed by atoms with Crippen molar-refractivity contribution < 1.29 is 14.3 Å². The normalized spacial score (nSPS) is 15.4.